The van der Waals surface area contributed by atoms with E-state index in [9.17, 15) is 9.59 Å². The maximum atomic E-state index is 11.3. The fourth-order valence-corrected chi connectivity index (χ4v) is 4.21. The first kappa shape index (κ1) is 24.5. The van der Waals surface area contributed by atoms with E-state index in [2.05, 4.69) is 46.4 Å². The molecule has 3 aromatic carbocycles. The third-order valence-electron chi connectivity index (χ3n) is 6.26. The lowest BCUT2D eigenvalue weighted by Gasteiger charge is -2.15. The van der Waals surface area contributed by atoms with Gasteiger partial charge < -0.3 is 0 Å². The fraction of sp³-hybridized carbons (Fsp3) is 0. The molecule has 0 aliphatic rings. The number of pyridine rings is 2. The van der Waals surface area contributed by atoms with Gasteiger partial charge in [0.25, 0.3) is 0 Å². The van der Waals surface area contributed by atoms with Gasteiger partial charge >= 0.3 is 0 Å². The van der Waals surface area contributed by atoms with Crippen molar-refractivity contribution in [2.45, 2.75) is 0 Å². The summed E-state index contributed by atoms with van der Waals surface area (Å²) in [7, 11) is 0. The zero-order chi connectivity index (χ0) is 26.2. The SMILES string of the molecule is O=Cc1ccc(-c2cc(/C=C/c3ccncc3)c(-c3ccc(C=O)cc3)cc2/C=C/c2ccncc2)cc1. The Morgan fingerprint density at radius 3 is 1.13 bits per heavy atom. The zero-order valence-corrected chi connectivity index (χ0v) is 20.6. The van der Waals surface area contributed by atoms with Crippen LogP contribution >= 0.6 is 0 Å². The molecule has 0 aliphatic heterocycles. The van der Waals surface area contributed by atoms with Gasteiger partial charge in [0.15, 0.2) is 0 Å². The van der Waals surface area contributed by atoms with E-state index in [1.807, 2.05) is 72.8 Å². The Morgan fingerprint density at radius 2 is 0.789 bits per heavy atom. The summed E-state index contributed by atoms with van der Waals surface area (Å²) in [5, 5.41) is 0. The Hall–Kier alpha value is -5.22. The van der Waals surface area contributed by atoms with Gasteiger partial charge in [-0.05, 0) is 80.9 Å². The predicted octanol–water partition coefficient (Wildman–Crippen LogP) is 7.78. The molecule has 0 saturated heterocycles. The van der Waals surface area contributed by atoms with Gasteiger partial charge in [-0.2, -0.15) is 0 Å². The van der Waals surface area contributed by atoms with Crippen LogP contribution in [0.4, 0.5) is 0 Å². The highest BCUT2D eigenvalue weighted by Crippen LogP contribution is 2.35. The summed E-state index contributed by atoms with van der Waals surface area (Å²) >= 11 is 0. The van der Waals surface area contributed by atoms with Crippen LogP contribution in [0.15, 0.2) is 110 Å². The maximum Gasteiger partial charge on any atom is 0.150 e. The topological polar surface area (TPSA) is 59.9 Å². The van der Waals surface area contributed by atoms with Crippen molar-refractivity contribution >= 4 is 36.9 Å². The van der Waals surface area contributed by atoms with Crippen molar-refractivity contribution in [2.75, 3.05) is 0 Å². The quantitative estimate of drug-likeness (QED) is 0.208. The molecule has 0 spiro atoms. The lowest BCUT2D eigenvalue weighted by atomic mass is 9.89. The summed E-state index contributed by atoms with van der Waals surface area (Å²) < 4.78 is 0. The number of hydrogen-bond donors (Lipinski definition) is 0. The summed E-state index contributed by atoms with van der Waals surface area (Å²) in [5.74, 6) is 0. The summed E-state index contributed by atoms with van der Waals surface area (Å²) in [5.41, 5.74) is 9.48. The first-order chi connectivity index (χ1) is 18.7. The van der Waals surface area contributed by atoms with Crippen molar-refractivity contribution in [2.24, 2.45) is 0 Å². The molecule has 0 N–H and O–H groups in total. The molecule has 4 heteroatoms. The fourth-order valence-electron chi connectivity index (χ4n) is 4.21. The van der Waals surface area contributed by atoms with E-state index in [-0.39, 0.29) is 0 Å². The van der Waals surface area contributed by atoms with Gasteiger partial charge in [-0.1, -0.05) is 72.8 Å². The van der Waals surface area contributed by atoms with Crippen molar-refractivity contribution < 1.29 is 9.59 Å². The van der Waals surface area contributed by atoms with E-state index in [1.54, 1.807) is 24.8 Å². The van der Waals surface area contributed by atoms with Crippen LogP contribution in [0.5, 0.6) is 0 Å². The highest BCUT2D eigenvalue weighted by atomic mass is 16.1. The second-order valence-electron chi connectivity index (χ2n) is 8.73. The second kappa shape index (κ2) is 11.7. The highest BCUT2D eigenvalue weighted by Gasteiger charge is 2.12. The predicted molar refractivity (Wildman–Crippen MR) is 154 cm³/mol. The van der Waals surface area contributed by atoms with Gasteiger partial charge in [0.2, 0.25) is 0 Å². The summed E-state index contributed by atoms with van der Waals surface area (Å²) in [6.45, 7) is 0. The molecule has 2 aromatic heterocycles. The maximum absolute atomic E-state index is 11.3. The van der Waals surface area contributed by atoms with Crippen LogP contribution in [0, 0.1) is 0 Å². The molecule has 0 aliphatic carbocycles. The Bertz CT molecular complexity index is 1480. The number of benzene rings is 3. The van der Waals surface area contributed by atoms with Crippen molar-refractivity contribution in [3.05, 3.63) is 143 Å². The highest BCUT2D eigenvalue weighted by molar-refractivity contribution is 5.91. The molecule has 5 aromatic rings. The van der Waals surface area contributed by atoms with Crippen LogP contribution in [0.2, 0.25) is 0 Å². The van der Waals surface area contributed by atoms with Crippen LogP contribution in [0.3, 0.4) is 0 Å². The molecule has 0 atom stereocenters. The number of rotatable bonds is 8. The van der Waals surface area contributed by atoms with Crippen molar-refractivity contribution in [3.63, 3.8) is 0 Å². The van der Waals surface area contributed by atoms with Crippen molar-refractivity contribution in [1.29, 1.82) is 0 Å². The van der Waals surface area contributed by atoms with Crippen molar-refractivity contribution in [3.8, 4) is 22.3 Å². The zero-order valence-electron chi connectivity index (χ0n) is 20.6. The Morgan fingerprint density at radius 1 is 0.421 bits per heavy atom. The number of carbonyl (C=O) groups excluding carboxylic acids is 2. The molecule has 2 heterocycles. The normalized spacial score (nSPS) is 11.2. The molecule has 38 heavy (non-hydrogen) atoms. The molecule has 5 rings (SSSR count). The monoisotopic (exact) mass is 492 g/mol. The Balaban J connectivity index is 1.70. The molecular weight excluding hydrogens is 468 g/mol. The van der Waals surface area contributed by atoms with Gasteiger partial charge in [-0.25, -0.2) is 0 Å². The molecule has 0 amide bonds. The molecule has 0 unspecified atom stereocenters. The lowest BCUT2D eigenvalue weighted by Crippen LogP contribution is -1.92. The smallest absolute Gasteiger partial charge is 0.150 e. The first-order valence-electron chi connectivity index (χ1n) is 12.2. The Kier molecular flexibility index (Phi) is 7.52. The molecular formula is C34H24N2O2. The Labute approximate surface area is 221 Å². The third kappa shape index (κ3) is 5.77. The lowest BCUT2D eigenvalue weighted by molar-refractivity contribution is 0.111. The van der Waals surface area contributed by atoms with E-state index >= 15 is 0 Å². The second-order valence-corrected chi connectivity index (χ2v) is 8.73. The molecule has 0 radical (unpaired) electrons. The van der Waals surface area contributed by atoms with Crippen LogP contribution in [0.1, 0.15) is 43.0 Å². The number of carbonyl (C=O) groups is 2. The van der Waals surface area contributed by atoms with Gasteiger partial charge in [-0.15, -0.1) is 0 Å². The van der Waals surface area contributed by atoms with Crippen LogP contribution < -0.4 is 0 Å². The average Bonchev–Trinajstić information content (AvgIpc) is 3.00. The van der Waals surface area contributed by atoms with Crippen LogP contribution in [-0.2, 0) is 0 Å². The van der Waals surface area contributed by atoms with E-state index < -0.39 is 0 Å². The number of aromatic nitrogens is 2. The van der Waals surface area contributed by atoms with E-state index in [1.165, 1.54) is 0 Å². The van der Waals surface area contributed by atoms with Gasteiger partial charge in [0.1, 0.15) is 12.6 Å². The first-order valence-corrected chi connectivity index (χ1v) is 12.2. The molecule has 0 saturated carbocycles. The molecule has 0 fully saturated rings. The molecule has 0 bridgehead atoms. The number of hydrogen-bond acceptors (Lipinski definition) is 4. The van der Waals surface area contributed by atoms with Gasteiger partial charge in [0, 0.05) is 35.9 Å². The molecule has 182 valence electrons. The average molecular weight is 493 g/mol. The van der Waals surface area contributed by atoms with E-state index in [0.29, 0.717) is 11.1 Å². The van der Waals surface area contributed by atoms with E-state index in [0.717, 1.165) is 57.1 Å². The van der Waals surface area contributed by atoms with Crippen molar-refractivity contribution in [1.82, 2.24) is 9.97 Å². The minimum Gasteiger partial charge on any atom is -0.298 e. The third-order valence-corrected chi connectivity index (χ3v) is 6.26. The minimum atomic E-state index is 0.632. The summed E-state index contributed by atoms with van der Waals surface area (Å²) in [6.07, 6.45) is 17.1. The number of nitrogens with zero attached hydrogens (tertiary/aromatic N) is 2. The number of aldehydes is 2. The van der Waals surface area contributed by atoms with Gasteiger partial charge in [0.05, 0.1) is 0 Å². The largest absolute Gasteiger partial charge is 0.298 e. The van der Waals surface area contributed by atoms with E-state index in [4.69, 9.17) is 0 Å². The van der Waals surface area contributed by atoms with Gasteiger partial charge in [-0.3, -0.25) is 19.6 Å². The summed E-state index contributed by atoms with van der Waals surface area (Å²) in [6, 6.07) is 27.4. The van der Waals surface area contributed by atoms with Crippen LogP contribution in [0.25, 0.3) is 46.6 Å². The minimum absolute atomic E-state index is 0.632. The molecule has 4 nitrogen and oxygen atoms in total. The van der Waals surface area contributed by atoms with Crippen LogP contribution in [-0.4, -0.2) is 22.5 Å². The standard InChI is InChI=1S/C34H24N2O2/c37-23-27-3-7-29(8-4-27)33-22-32(12-2-26-15-19-36-20-16-26)34(30-9-5-28(24-38)6-10-30)21-31(33)11-1-25-13-17-35-18-14-25/h1-24H/b11-1+,12-2+. The summed E-state index contributed by atoms with van der Waals surface area (Å²) in [4.78, 5) is 30.7.